The van der Waals surface area contributed by atoms with Crippen molar-refractivity contribution in [2.75, 3.05) is 18.0 Å². The van der Waals surface area contributed by atoms with Crippen LogP contribution in [0.3, 0.4) is 0 Å². The number of nitrogens with zero attached hydrogens (tertiary/aromatic N) is 1. The Bertz CT molecular complexity index is 468. The van der Waals surface area contributed by atoms with E-state index < -0.39 is 0 Å². The van der Waals surface area contributed by atoms with Crippen LogP contribution in [0, 0.1) is 11.2 Å². The van der Waals surface area contributed by atoms with Crippen LogP contribution in [0.1, 0.15) is 52.5 Å². The van der Waals surface area contributed by atoms with Crippen LogP contribution >= 0.6 is 0 Å². The van der Waals surface area contributed by atoms with E-state index in [2.05, 4.69) is 37.9 Å². The van der Waals surface area contributed by atoms with E-state index in [1.807, 2.05) is 12.1 Å². The van der Waals surface area contributed by atoms with E-state index in [-0.39, 0.29) is 5.82 Å². The highest BCUT2D eigenvalue weighted by Gasteiger charge is 2.24. The first kappa shape index (κ1) is 16.3. The summed E-state index contributed by atoms with van der Waals surface area (Å²) in [6.45, 7) is 11.5. The summed E-state index contributed by atoms with van der Waals surface area (Å²) in [5.74, 6) is -0.0854. The topological polar surface area (TPSA) is 15.3 Å². The lowest BCUT2D eigenvalue weighted by atomic mass is 9.85. The van der Waals surface area contributed by atoms with Crippen molar-refractivity contribution in [1.82, 2.24) is 5.32 Å². The van der Waals surface area contributed by atoms with Crippen molar-refractivity contribution in [3.8, 4) is 0 Å². The van der Waals surface area contributed by atoms with E-state index in [1.165, 1.54) is 6.42 Å². The molecule has 2 rings (SSSR count). The van der Waals surface area contributed by atoms with Gasteiger partial charge in [0, 0.05) is 25.7 Å². The van der Waals surface area contributed by atoms with Crippen molar-refractivity contribution < 1.29 is 4.39 Å². The predicted octanol–water partition coefficient (Wildman–Crippen LogP) is 4.34. The van der Waals surface area contributed by atoms with Crippen LogP contribution < -0.4 is 10.2 Å². The first-order chi connectivity index (χ1) is 9.87. The highest BCUT2D eigenvalue weighted by atomic mass is 19.1. The maximum atomic E-state index is 14.4. The Morgan fingerprint density at radius 2 is 2.00 bits per heavy atom. The number of hydrogen-bond donors (Lipinski definition) is 1. The van der Waals surface area contributed by atoms with Gasteiger partial charge >= 0.3 is 0 Å². The van der Waals surface area contributed by atoms with Gasteiger partial charge in [-0.2, -0.15) is 0 Å². The van der Waals surface area contributed by atoms with Gasteiger partial charge in [-0.1, -0.05) is 33.8 Å². The molecule has 0 bridgehead atoms. The molecule has 1 aliphatic rings. The molecule has 1 aromatic carbocycles. The molecule has 0 unspecified atom stereocenters. The Hall–Kier alpha value is -1.09. The van der Waals surface area contributed by atoms with E-state index in [0.29, 0.717) is 11.5 Å². The largest absolute Gasteiger partial charge is 0.369 e. The van der Waals surface area contributed by atoms with Gasteiger partial charge in [0.25, 0.3) is 0 Å². The maximum Gasteiger partial charge on any atom is 0.146 e. The van der Waals surface area contributed by atoms with Crippen molar-refractivity contribution in [2.45, 2.75) is 59.5 Å². The molecule has 0 spiro atoms. The monoisotopic (exact) mass is 292 g/mol. The maximum absolute atomic E-state index is 14.4. The summed E-state index contributed by atoms with van der Waals surface area (Å²) >= 11 is 0. The number of hydrogen-bond acceptors (Lipinski definition) is 2. The molecule has 2 nitrogen and oxygen atoms in total. The molecular weight excluding hydrogens is 263 g/mol. The highest BCUT2D eigenvalue weighted by Crippen LogP contribution is 2.32. The van der Waals surface area contributed by atoms with E-state index in [4.69, 9.17) is 0 Å². The van der Waals surface area contributed by atoms with E-state index in [9.17, 15) is 4.39 Å². The molecule has 1 aromatic rings. The molecule has 0 amide bonds. The summed E-state index contributed by atoms with van der Waals surface area (Å²) in [6, 6.07) is 6.09. The zero-order valence-corrected chi connectivity index (χ0v) is 13.9. The van der Waals surface area contributed by atoms with Crippen molar-refractivity contribution in [1.29, 1.82) is 0 Å². The molecule has 1 aliphatic heterocycles. The van der Waals surface area contributed by atoms with Crippen LogP contribution in [-0.4, -0.2) is 19.1 Å². The lowest BCUT2D eigenvalue weighted by Crippen LogP contribution is -2.26. The fraction of sp³-hybridized carbons (Fsp3) is 0.667. The molecule has 0 radical (unpaired) electrons. The third kappa shape index (κ3) is 4.70. The number of anilines is 1. The second kappa shape index (κ2) is 6.78. The van der Waals surface area contributed by atoms with Crippen molar-refractivity contribution in [2.24, 2.45) is 5.41 Å². The summed E-state index contributed by atoms with van der Waals surface area (Å²) in [5.41, 5.74) is 2.16. The lowest BCUT2D eigenvalue weighted by molar-refractivity contribution is 0.325. The fourth-order valence-electron chi connectivity index (χ4n) is 2.90. The highest BCUT2D eigenvalue weighted by molar-refractivity contribution is 5.49. The second-order valence-electron chi connectivity index (χ2n) is 7.33. The Balaban J connectivity index is 2.06. The Labute approximate surface area is 128 Å². The van der Waals surface area contributed by atoms with E-state index >= 15 is 0 Å². The molecular formula is C18H29FN2. The molecule has 3 heteroatoms. The molecule has 1 N–H and O–H groups in total. The smallest absolute Gasteiger partial charge is 0.146 e. The van der Waals surface area contributed by atoms with Crippen LogP contribution in [0.15, 0.2) is 18.2 Å². The fourth-order valence-corrected chi connectivity index (χ4v) is 2.90. The van der Waals surface area contributed by atoms with Crippen LogP contribution in [0.2, 0.25) is 0 Å². The number of rotatable bonds is 4. The van der Waals surface area contributed by atoms with Crippen molar-refractivity contribution >= 4 is 5.69 Å². The third-order valence-electron chi connectivity index (χ3n) is 4.41. The van der Waals surface area contributed by atoms with Crippen molar-refractivity contribution in [3.63, 3.8) is 0 Å². The molecule has 0 saturated carbocycles. The molecule has 1 fully saturated rings. The van der Waals surface area contributed by atoms with E-state index in [0.717, 1.165) is 43.7 Å². The van der Waals surface area contributed by atoms with E-state index in [1.54, 1.807) is 6.07 Å². The molecule has 0 aromatic heterocycles. The van der Waals surface area contributed by atoms with Gasteiger partial charge in [-0.25, -0.2) is 4.39 Å². The molecule has 118 valence electrons. The second-order valence-corrected chi connectivity index (χ2v) is 7.33. The van der Waals surface area contributed by atoms with Gasteiger partial charge in [-0.15, -0.1) is 0 Å². The van der Waals surface area contributed by atoms with Crippen molar-refractivity contribution in [3.05, 3.63) is 29.6 Å². The van der Waals surface area contributed by atoms with Crippen LogP contribution in [-0.2, 0) is 6.54 Å². The summed E-state index contributed by atoms with van der Waals surface area (Å²) in [7, 11) is 0. The van der Waals surface area contributed by atoms with Gasteiger partial charge in [0.15, 0.2) is 0 Å². The zero-order chi connectivity index (χ0) is 15.5. The lowest BCUT2D eigenvalue weighted by Gasteiger charge is -2.25. The summed E-state index contributed by atoms with van der Waals surface area (Å²) in [6.07, 6.45) is 3.49. The summed E-state index contributed by atoms with van der Waals surface area (Å²) in [4.78, 5) is 2.21. The van der Waals surface area contributed by atoms with Gasteiger partial charge in [0.1, 0.15) is 5.82 Å². The predicted molar refractivity (Wildman–Crippen MR) is 88.2 cm³/mol. The SMILES string of the molecule is CC(C)NCc1ccc(N2CCCC(C)(C)CC2)c(F)c1. The Kier molecular flexibility index (Phi) is 5.26. The normalized spacial score (nSPS) is 18.9. The molecule has 1 saturated heterocycles. The third-order valence-corrected chi connectivity index (χ3v) is 4.41. The summed E-state index contributed by atoms with van der Waals surface area (Å²) in [5, 5.41) is 3.33. The molecule has 0 atom stereocenters. The minimum atomic E-state index is -0.0854. The minimum Gasteiger partial charge on any atom is -0.369 e. The van der Waals surface area contributed by atoms with Gasteiger partial charge < -0.3 is 10.2 Å². The number of nitrogens with one attached hydrogen (secondary N) is 1. The first-order valence-electron chi connectivity index (χ1n) is 8.14. The van der Waals surface area contributed by atoms with Gasteiger partial charge in [-0.3, -0.25) is 0 Å². The van der Waals surface area contributed by atoms with Crippen LogP contribution in [0.5, 0.6) is 0 Å². The number of halogens is 1. The van der Waals surface area contributed by atoms with Gasteiger partial charge in [0.05, 0.1) is 5.69 Å². The first-order valence-corrected chi connectivity index (χ1v) is 8.14. The summed E-state index contributed by atoms with van der Waals surface area (Å²) < 4.78 is 14.4. The minimum absolute atomic E-state index is 0.0854. The van der Waals surface area contributed by atoms with Crippen LogP contribution in [0.4, 0.5) is 10.1 Å². The average Bonchev–Trinajstić information content (AvgIpc) is 2.58. The standard InChI is InChI=1S/C18H29FN2/c1-14(2)20-13-15-6-7-17(16(19)12-15)21-10-5-8-18(3,4)9-11-21/h6-7,12,14,20H,5,8-11,13H2,1-4H3. The number of benzene rings is 1. The zero-order valence-electron chi connectivity index (χ0n) is 13.9. The molecule has 1 heterocycles. The Morgan fingerprint density at radius 1 is 1.24 bits per heavy atom. The van der Waals surface area contributed by atoms with Crippen LogP contribution in [0.25, 0.3) is 0 Å². The molecule has 0 aliphatic carbocycles. The van der Waals surface area contributed by atoms with Gasteiger partial charge in [-0.05, 0) is 42.4 Å². The molecule has 21 heavy (non-hydrogen) atoms. The Morgan fingerprint density at radius 3 is 2.67 bits per heavy atom. The quantitative estimate of drug-likeness (QED) is 0.888. The van der Waals surface area contributed by atoms with Gasteiger partial charge in [0.2, 0.25) is 0 Å². The average molecular weight is 292 g/mol.